The van der Waals surface area contributed by atoms with E-state index in [-0.39, 0.29) is 0 Å². The fourth-order valence-corrected chi connectivity index (χ4v) is 2.54. The smallest absolute Gasteiger partial charge is 0.135 e. The van der Waals surface area contributed by atoms with Crippen molar-refractivity contribution in [3.8, 4) is 0 Å². The highest BCUT2D eigenvalue weighted by Crippen LogP contribution is 2.26. The molecule has 18 heavy (non-hydrogen) atoms. The second-order valence-corrected chi connectivity index (χ2v) is 5.19. The maximum Gasteiger partial charge on any atom is 0.135 e. The van der Waals surface area contributed by atoms with Crippen LogP contribution in [0.5, 0.6) is 0 Å². The number of fused-ring (bicyclic) bond motifs is 1. The van der Waals surface area contributed by atoms with Gasteiger partial charge in [0.05, 0.1) is 25.2 Å². The van der Waals surface area contributed by atoms with E-state index in [1.165, 1.54) is 4.88 Å². The number of rotatable bonds is 6. The first-order valence-corrected chi connectivity index (χ1v) is 6.61. The second kappa shape index (κ2) is 6.08. The molecule has 2 aromatic heterocycles. The van der Waals surface area contributed by atoms with Crippen LogP contribution in [0.4, 0.5) is 5.82 Å². The molecular weight excluding hydrogens is 250 g/mol. The molecule has 0 saturated carbocycles. The van der Waals surface area contributed by atoms with Crippen molar-refractivity contribution in [3.63, 3.8) is 0 Å². The summed E-state index contributed by atoms with van der Waals surface area (Å²) in [4.78, 5) is 10.9. The summed E-state index contributed by atoms with van der Waals surface area (Å²) in [6.07, 6.45) is 0.667. The van der Waals surface area contributed by atoms with E-state index in [0.717, 1.165) is 16.0 Å². The largest absolute Gasteiger partial charge is 0.383 e. The lowest BCUT2D eigenvalue weighted by atomic mass is 10.3. The Labute approximate surface area is 110 Å². The first kappa shape index (κ1) is 13.2. The number of hydrogen-bond donors (Lipinski definition) is 1. The van der Waals surface area contributed by atoms with E-state index in [9.17, 15) is 0 Å². The molecule has 0 radical (unpaired) electrons. The summed E-state index contributed by atoms with van der Waals surface area (Å²) in [5.41, 5.74) is 5.92. The number of aromatic nitrogens is 2. The minimum Gasteiger partial charge on any atom is -0.383 e. The topological polar surface area (TPSA) is 70.3 Å². The van der Waals surface area contributed by atoms with Crippen molar-refractivity contribution in [2.75, 3.05) is 32.7 Å². The molecule has 0 atom stereocenters. The molecule has 0 saturated heterocycles. The molecule has 2 heterocycles. The summed E-state index contributed by atoms with van der Waals surface area (Å²) in [5, 5.41) is 0.946. The van der Waals surface area contributed by atoms with Crippen LogP contribution in [0.3, 0.4) is 0 Å². The number of nitrogens with two attached hydrogens (primary N) is 1. The Kier molecular flexibility index (Phi) is 4.46. The second-order valence-electron chi connectivity index (χ2n) is 3.96. The van der Waals surface area contributed by atoms with Crippen LogP contribution in [-0.2, 0) is 15.9 Å². The van der Waals surface area contributed by atoms with E-state index >= 15 is 0 Å². The van der Waals surface area contributed by atoms with Crippen LogP contribution >= 0.6 is 11.3 Å². The van der Waals surface area contributed by atoms with Crippen LogP contribution in [-0.4, -0.2) is 36.9 Å². The van der Waals surface area contributed by atoms with Gasteiger partial charge in [-0.05, 0) is 13.0 Å². The molecule has 5 nitrogen and oxygen atoms in total. The zero-order chi connectivity index (χ0) is 13.0. The molecule has 0 aliphatic heterocycles. The van der Waals surface area contributed by atoms with Gasteiger partial charge in [-0.2, -0.15) is 0 Å². The summed E-state index contributed by atoms with van der Waals surface area (Å²) in [5.74, 6) is 1.29. The molecule has 2 N–H and O–H groups in total. The number of thiophene rings is 1. The Morgan fingerprint density at radius 1 is 1.28 bits per heavy atom. The van der Waals surface area contributed by atoms with E-state index in [1.807, 2.05) is 13.0 Å². The number of ether oxygens (including phenoxy) is 2. The van der Waals surface area contributed by atoms with Crippen molar-refractivity contribution in [2.45, 2.75) is 13.3 Å². The number of hydrogen-bond acceptors (Lipinski definition) is 6. The van der Waals surface area contributed by atoms with Crippen LogP contribution in [0.1, 0.15) is 10.7 Å². The van der Waals surface area contributed by atoms with Crippen LogP contribution in [0.25, 0.3) is 10.2 Å². The molecule has 0 aliphatic carbocycles. The van der Waals surface area contributed by atoms with Gasteiger partial charge in [-0.15, -0.1) is 11.3 Å². The van der Waals surface area contributed by atoms with Crippen molar-refractivity contribution < 1.29 is 9.47 Å². The lowest BCUT2D eigenvalue weighted by Gasteiger charge is -2.04. The van der Waals surface area contributed by atoms with E-state index in [1.54, 1.807) is 18.4 Å². The highest BCUT2D eigenvalue weighted by molar-refractivity contribution is 7.18. The van der Waals surface area contributed by atoms with Crippen molar-refractivity contribution in [1.82, 2.24) is 9.97 Å². The molecule has 0 amide bonds. The first-order valence-electron chi connectivity index (χ1n) is 5.80. The molecule has 98 valence electrons. The molecule has 2 aromatic rings. The van der Waals surface area contributed by atoms with E-state index in [2.05, 4.69) is 9.97 Å². The fraction of sp³-hybridized carbons (Fsp3) is 0.500. The lowest BCUT2D eigenvalue weighted by molar-refractivity contribution is 0.0717. The molecule has 0 unspecified atom stereocenters. The molecule has 0 bridgehead atoms. The highest BCUT2D eigenvalue weighted by Gasteiger charge is 2.08. The van der Waals surface area contributed by atoms with Crippen molar-refractivity contribution in [2.24, 2.45) is 0 Å². The summed E-state index contributed by atoms with van der Waals surface area (Å²) in [6, 6.07) is 2.02. The van der Waals surface area contributed by atoms with E-state index < -0.39 is 0 Å². The van der Waals surface area contributed by atoms with Crippen LogP contribution in [0.15, 0.2) is 6.07 Å². The monoisotopic (exact) mass is 267 g/mol. The maximum atomic E-state index is 5.92. The Hall–Kier alpha value is -1.24. The van der Waals surface area contributed by atoms with E-state index in [0.29, 0.717) is 32.1 Å². The Balaban J connectivity index is 2.00. The zero-order valence-corrected chi connectivity index (χ0v) is 11.4. The van der Waals surface area contributed by atoms with Gasteiger partial charge in [0.15, 0.2) is 0 Å². The highest BCUT2D eigenvalue weighted by atomic mass is 32.1. The Morgan fingerprint density at radius 2 is 2.11 bits per heavy atom. The van der Waals surface area contributed by atoms with E-state index in [4.69, 9.17) is 15.2 Å². The van der Waals surface area contributed by atoms with Crippen molar-refractivity contribution >= 4 is 27.4 Å². The Bertz CT molecular complexity index is 527. The van der Waals surface area contributed by atoms with Gasteiger partial charge in [-0.3, -0.25) is 0 Å². The SMILES string of the molecule is COCCOCCc1nc(N)c2cc(C)sc2n1. The maximum absolute atomic E-state index is 5.92. The predicted molar refractivity (Wildman–Crippen MR) is 73.0 cm³/mol. The van der Waals surface area contributed by atoms with Crippen LogP contribution in [0, 0.1) is 6.92 Å². The number of nitrogen functional groups attached to an aromatic ring is 1. The predicted octanol–water partition coefficient (Wildman–Crippen LogP) is 1.79. The quantitative estimate of drug-likeness (QED) is 0.808. The first-order chi connectivity index (χ1) is 8.70. The molecule has 0 aromatic carbocycles. The molecular formula is C12H17N3O2S. The van der Waals surface area contributed by atoms with Gasteiger partial charge in [-0.1, -0.05) is 0 Å². The summed E-state index contributed by atoms with van der Waals surface area (Å²) in [7, 11) is 1.65. The van der Waals surface area contributed by atoms with Gasteiger partial charge in [0.1, 0.15) is 16.5 Å². The summed E-state index contributed by atoms with van der Waals surface area (Å²) >= 11 is 1.64. The van der Waals surface area contributed by atoms with Crippen LogP contribution < -0.4 is 5.73 Å². The molecule has 0 aliphatic rings. The number of methoxy groups -OCH3 is 1. The van der Waals surface area contributed by atoms with Gasteiger partial charge in [-0.25, -0.2) is 9.97 Å². The number of nitrogens with zero attached hydrogens (tertiary/aromatic N) is 2. The zero-order valence-electron chi connectivity index (χ0n) is 10.6. The third-order valence-corrected chi connectivity index (χ3v) is 3.44. The number of anilines is 1. The van der Waals surface area contributed by atoms with Crippen molar-refractivity contribution in [1.29, 1.82) is 0 Å². The lowest BCUT2D eigenvalue weighted by Crippen LogP contribution is -2.07. The van der Waals surface area contributed by atoms with Crippen molar-refractivity contribution in [3.05, 3.63) is 16.8 Å². The van der Waals surface area contributed by atoms with Gasteiger partial charge in [0.25, 0.3) is 0 Å². The average Bonchev–Trinajstić information content (AvgIpc) is 2.70. The van der Waals surface area contributed by atoms with Gasteiger partial charge < -0.3 is 15.2 Å². The summed E-state index contributed by atoms with van der Waals surface area (Å²) < 4.78 is 10.3. The standard InChI is InChI=1S/C12H17N3O2S/c1-8-7-9-11(13)14-10(15-12(9)18-8)3-4-17-6-5-16-2/h7H,3-6H2,1-2H3,(H2,13,14,15). The van der Waals surface area contributed by atoms with Gasteiger partial charge >= 0.3 is 0 Å². The third kappa shape index (κ3) is 3.16. The normalized spacial score (nSPS) is 11.2. The Morgan fingerprint density at radius 3 is 2.89 bits per heavy atom. The number of aryl methyl sites for hydroxylation is 1. The molecule has 6 heteroatoms. The summed E-state index contributed by atoms with van der Waals surface area (Å²) in [6.45, 7) is 3.82. The average molecular weight is 267 g/mol. The molecule has 0 fully saturated rings. The molecule has 2 rings (SSSR count). The molecule has 0 spiro atoms. The van der Waals surface area contributed by atoms with Crippen LogP contribution in [0.2, 0.25) is 0 Å². The third-order valence-electron chi connectivity index (χ3n) is 2.49. The van der Waals surface area contributed by atoms with Gasteiger partial charge in [0.2, 0.25) is 0 Å². The minimum atomic E-state index is 0.552. The fourth-order valence-electron chi connectivity index (χ4n) is 1.63. The minimum absolute atomic E-state index is 0.552. The van der Waals surface area contributed by atoms with Gasteiger partial charge in [0, 0.05) is 18.4 Å².